The molecule has 1 unspecified atom stereocenters. The lowest BCUT2D eigenvalue weighted by Crippen LogP contribution is -2.58. The van der Waals surface area contributed by atoms with Gasteiger partial charge in [-0.1, -0.05) is 61.3 Å². The molecule has 2 saturated heterocycles. The number of carboxylic acids is 1. The molecule has 2 aliphatic heterocycles. The van der Waals surface area contributed by atoms with Gasteiger partial charge in [0.2, 0.25) is 5.91 Å². The van der Waals surface area contributed by atoms with Crippen LogP contribution in [0.3, 0.4) is 0 Å². The van der Waals surface area contributed by atoms with Crippen molar-refractivity contribution in [2.24, 2.45) is 5.41 Å². The van der Waals surface area contributed by atoms with Crippen LogP contribution in [0.15, 0.2) is 48.5 Å². The number of carbonyl (C=O) groups is 3. The Hall–Kier alpha value is -2.77. The molecule has 2 aromatic rings. The first-order valence-electron chi connectivity index (χ1n) is 12.5. The third-order valence-corrected chi connectivity index (χ3v) is 7.95. The van der Waals surface area contributed by atoms with Crippen molar-refractivity contribution in [2.75, 3.05) is 13.1 Å². The van der Waals surface area contributed by atoms with Crippen molar-refractivity contribution in [2.45, 2.75) is 64.1 Å². The van der Waals surface area contributed by atoms with Crippen molar-refractivity contribution in [3.8, 4) is 0 Å². The third-order valence-electron chi connectivity index (χ3n) is 7.47. The second-order valence-corrected chi connectivity index (χ2v) is 11.2. The van der Waals surface area contributed by atoms with Gasteiger partial charge in [0.15, 0.2) is 0 Å². The van der Waals surface area contributed by atoms with Gasteiger partial charge in [0, 0.05) is 28.5 Å². The van der Waals surface area contributed by atoms with Crippen LogP contribution < -0.4 is 0 Å². The molecule has 1 N–H and O–H groups in total. The fourth-order valence-electron chi connectivity index (χ4n) is 5.77. The molecule has 5 atom stereocenters. The molecule has 7 nitrogen and oxygen atoms in total. The Balaban J connectivity index is 1.86. The van der Waals surface area contributed by atoms with Crippen molar-refractivity contribution >= 4 is 41.2 Å². The number of piperidine rings is 1. The number of benzene rings is 2. The predicted molar refractivity (Wildman–Crippen MR) is 142 cm³/mol. The number of hydrogen-bond donors (Lipinski definition) is 1. The first kappa shape index (κ1) is 27.3. The first-order chi connectivity index (χ1) is 17.5. The molecular formula is C28H32Cl2N2O5. The Kier molecular flexibility index (Phi) is 8.05. The number of likely N-dealkylation sites (tertiary alicyclic amines) is 1. The van der Waals surface area contributed by atoms with Gasteiger partial charge >= 0.3 is 12.1 Å². The lowest BCUT2D eigenvalue weighted by Gasteiger charge is -2.52. The van der Waals surface area contributed by atoms with Crippen LogP contribution >= 0.6 is 23.2 Å². The summed E-state index contributed by atoms with van der Waals surface area (Å²) in [5.41, 5.74) is 0.662. The number of aliphatic carboxylic acids is 1. The van der Waals surface area contributed by atoms with E-state index < -0.39 is 23.5 Å². The van der Waals surface area contributed by atoms with Crippen molar-refractivity contribution < 1.29 is 24.2 Å². The summed E-state index contributed by atoms with van der Waals surface area (Å²) in [5.74, 6) is -1.50. The molecule has 0 spiro atoms. The molecule has 198 valence electrons. The van der Waals surface area contributed by atoms with Gasteiger partial charge in [-0.05, 0) is 55.2 Å². The molecule has 0 aromatic heterocycles. The van der Waals surface area contributed by atoms with E-state index in [0.717, 1.165) is 11.1 Å². The zero-order valence-corrected chi connectivity index (χ0v) is 22.7. The van der Waals surface area contributed by atoms with E-state index >= 15 is 0 Å². The van der Waals surface area contributed by atoms with Crippen LogP contribution in [-0.4, -0.2) is 58.1 Å². The molecule has 37 heavy (non-hydrogen) atoms. The molecule has 0 saturated carbocycles. The minimum Gasteiger partial charge on any atom is -0.481 e. The average Bonchev–Trinajstić information content (AvgIpc) is 3.15. The summed E-state index contributed by atoms with van der Waals surface area (Å²) in [6, 6.07) is 14.1. The Bertz CT molecular complexity index is 1170. The zero-order valence-electron chi connectivity index (χ0n) is 21.2. The highest BCUT2D eigenvalue weighted by Crippen LogP contribution is 2.52. The van der Waals surface area contributed by atoms with E-state index in [0.29, 0.717) is 36.0 Å². The maximum atomic E-state index is 14.3. The summed E-state index contributed by atoms with van der Waals surface area (Å²) >= 11 is 12.6. The summed E-state index contributed by atoms with van der Waals surface area (Å²) < 4.78 is 5.33. The van der Waals surface area contributed by atoms with Crippen LogP contribution in [0.1, 0.15) is 63.1 Å². The summed E-state index contributed by atoms with van der Waals surface area (Å²) in [4.78, 5) is 42.1. The number of carboxylic acid groups (broad SMARTS) is 1. The molecule has 0 radical (unpaired) electrons. The molecule has 2 aliphatic rings. The molecule has 2 heterocycles. The molecule has 4 rings (SSSR count). The number of halogens is 2. The van der Waals surface area contributed by atoms with Crippen molar-refractivity contribution in [3.05, 3.63) is 69.7 Å². The normalized spacial score (nSPS) is 26.8. The maximum Gasteiger partial charge on any atom is 0.410 e. The molecular weight excluding hydrogens is 515 g/mol. The van der Waals surface area contributed by atoms with E-state index in [4.69, 9.17) is 27.9 Å². The fraction of sp³-hybridized carbons (Fsp3) is 0.464. The highest BCUT2D eigenvalue weighted by atomic mass is 35.5. The lowest BCUT2D eigenvalue weighted by molar-refractivity contribution is -0.161. The summed E-state index contributed by atoms with van der Waals surface area (Å²) in [6.07, 6.45) is -0.0314. The van der Waals surface area contributed by atoms with Crippen LogP contribution in [0.2, 0.25) is 10.0 Å². The van der Waals surface area contributed by atoms with E-state index in [9.17, 15) is 19.5 Å². The van der Waals surface area contributed by atoms with Crippen molar-refractivity contribution in [1.82, 2.24) is 9.80 Å². The van der Waals surface area contributed by atoms with Crippen LogP contribution in [0.5, 0.6) is 0 Å². The number of rotatable bonds is 8. The quantitative estimate of drug-likeness (QED) is 0.429. The van der Waals surface area contributed by atoms with Crippen LogP contribution in [0, 0.1) is 5.41 Å². The second kappa shape index (κ2) is 10.9. The van der Waals surface area contributed by atoms with Crippen LogP contribution in [0.4, 0.5) is 4.79 Å². The van der Waals surface area contributed by atoms with Gasteiger partial charge in [0.25, 0.3) is 0 Å². The Morgan fingerprint density at radius 2 is 1.84 bits per heavy atom. The predicted octanol–water partition coefficient (Wildman–Crippen LogP) is 6.15. The molecule has 9 heteroatoms. The lowest BCUT2D eigenvalue weighted by atomic mass is 9.67. The Labute approximate surface area is 227 Å². The van der Waals surface area contributed by atoms with Gasteiger partial charge in [0.05, 0.1) is 24.4 Å². The van der Waals surface area contributed by atoms with E-state index in [1.54, 1.807) is 30.0 Å². The van der Waals surface area contributed by atoms with Gasteiger partial charge in [0.1, 0.15) is 6.10 Å². The van der Waals surface area contributed by atoms with Crippen molar-refractivity contribution in [3.63, 3.8) is 0 Å². The molecule has 2 aromatic carbocycles. The second-order valence-electron chi connectivity index (χ2n) is 10.4. The van der Waals surface area contributed by atoms with Gasteiger partial charge in [-0.15, -0.1) is 0 Å². The number of amides is 2. The summed E-state index contributed by atoms with van der Waals surface area (Å²) in [5, 5.41) is 10.9. The van der Waals surface area contributed by atoms with E-state index in [2.05, 4.69) is 0 Å². The highest BCUT2D eigenvalue weighted by Gasteiger charge is 2.52. The topological polar surface area (TPSA) is 87.2 Å². The fourth-order valence-corrected chi connectivity index (χ4v) is 6.09. The third kappa shape index (κ3) is 5.73. The SMILES string of the molecule is CC[C@@H](CN1CC(C)OC1=O)N1C(=O)[C@](C)(CC(=O)O)C[C@H](c2cccc(Cl)c2)[C@H]1c1ccc(Cl)cc1. The van der Waals surface area contributed by atoms with E-state index in [-0.39, 0.29) is 30.4 Å². The molecule has 0 aliphatic carbocycles. The zero-order chi connectivity index (χ0) is 26.9. The smallest absolute Gasteiger partial charge is 0.410 e. The van der Waals surface area contributed by atoms with Gasteiger partial charge in [-0.2, -0.15) is 0 Å². The summed E-state index contributed by atoms with van der Waals surface area (Å²) in [7, 11) is 0. The average molecular weight is 547 g/mol. The molecule has 2 fully saturated rings. The molecule has 0 bridgehead atoms. The first-order valence-corrected chi connectivity index (χ1v) is 13.3. The van der Waals surface area contributed by atoms with Crippen LogP contribution in [0.25, 0.3) is 0 Å². The Morgan fingerprint density at radius 3 is 2.41 bits per heavy atom. The highest BCUT2D eigenvalue weighted by molar-refractivity contribution is 6.30. The monoisotopic (exact) mass is 546 g/mol. The Morgan fingerprint density at radius 1 is 1.14 bits per heavy atom. The molecule has 2 amide bonds. The van der Waals surface area contributed by atoms with Gasteiger partial charge < -0.3 is 19.6 Å². The van der Waals surface area contributed by atoms with Crippen LogP contribution in [-0.2, 0) is 14.3 Å². The minimum absolute atomic E-state index is 0.231. The minimum atomic E-state index is -1.14. The number of cyclic esters (lactones) is 1. The van der Waals surface area contributed by atoms with Gasteiger partial charge in [-0.3, -0.25) is 9.59 Å². The number of ether oxygens (including phenoxy) is 1. The largest absolute Gasteiger partial charge is 0.481 e. The number of nitrogens with zero attached hydrogens (tertiary/aromatic N) is 2. The van der Waals surface area contributed by atoms with E-state index in [1.807, 2.05) is 49.1 Å². The number of hydrogen-bond acceptors (Lipinski definition) is 4. The van der Waals surface area contributed by atoms with Crippen molar-refractivity contribution in [1.29, 1.82) is 0 Å². The summed E-state index contributed by atoms with van der Waals surface area (Å²) in [6.45, 7) is 6.26. The standard InChI is InChI=1S/C28H32Cl2N2O5/c1-4-22(16-31-15-17(2)37-27(31)36)32-25(18-8-10-20(29)11-9-18)23(19-6-5-7-21(30)12-19)13-28(3,26(32)35)14-24(33)34/h5-12,17,22-23,25H,4,13-16H2,1-3H3,(H,33,34)/t17?,22-,23+,25+,28-/m0/s1. The number of carbonyl (C=O) groups excluding carboxylic acids is 2. The van der Waals surface area contributed by atoms with E-state index in [1.165, 1.54) is 0 Å². The van der Waals surface area contributed by atoms with Gasteiger partial charge in [-0.25, -0.2) is 4.79 Å². The maximum absolute atomic E-state index is 14.3.